The fraction of sp³-hybridized carbons (Fsp3) is 1.00. The quantitative estimate of drug-likeness (QED) is 0.527. The van der Waals surface area contributed by atoms with E-state index in [0.29, 0.717) is 0 Å². The van der Waals surface area contributed by atoms with Crippen molar-refractivity contribution in [3.05, 3.63) is 0 Å². The Morgan fingerprint density at radius 1 is 1.00 bits per heavy atom. The van der Waals surface area contributed by atoms with Gasteiger partial charge in [-0.3, -0.25) is 0 Å². The Morgan fingerprint density at radius 2 is 1.42 bits per heavy atom. The number of fused-ring (bicyclic) bond motifs is 4. The highest BCUT2D eigenvalue weighted by molar-refractivity contribution is 4.76. The minimum Gasteiger partial charge on any atom is -0.326 e. The Bertz CT molecular complexity index is 142. The van der Waals surface area contributed by atoms with Gasteiger partial charge in [-0.05, 0) is 32.6 Å². The molecule has 0 amide bonds. The molecule has 1 saturated carbocycles. The smallest absolute Gasteiger partial charge is 0.0813 e. The van der Waals surface area contributed by atoms with E-state index in [9.17, 15) is 0 Å². The first-order valence-corrected chi connectivity index (χ1v) is 5.55. The molecule has 0 unspecified atom stereocenters. The van der Waals surface area contributed by atoms with Crippen molar-refractivity contribution in [1.82, 2.24) is 0 Å². The van der Waals surface area contributed by atoms with Crippen LogP contribution in [0.15, 0.2) is 0 Å². The number of hydrogen-bond donors (Lipinski definition) is 0. The van der Waals surface area contributed by atoms with Crippen LogP contribution in [0.1, 0.15) is 32.6 Å². The van der Waals surface area contributed by atoms with Crippen LogP contribution in [0, 0.1) is 11.8 Å². The summed E-state index contributed by atoms with van der Waals surface area (Å²) in [6.45, 7) is 6.62. The van der Waals surface area contributed by atoms with Crippen LogP contribution in [0.25, 0.3) is 0 Å². The molecule has 2 aliphatic heterocycles. The van der Waals surface area contributed by atoms with Crippen molar-refractivity contribution in [3.63, 3.8) is 0 Å². The number of hydrogen-bond acceptors (Lipinski definition) is 0. The van der Waals surface area contributed by atoms with E-state index >= 15 is 0 Å². The summed E-state index contributed by atoms with van der Waals surface area (Å²) in [6, 6.07) is 0. The van der Waals surface area contributed by atoms with Crippen LogP contribution in [0.2, 0.25) is 0 Å². The molecular weight excluding hydrogens is 146 g/mol. The lowest BCUT2D eigenvalue weighted by Crippen LogP contribution is -2.46. The fourth-order valence-electron chi connectivity index (χ4n) is 3.18. The summed E-state index contributed by atoms with van der Waals surface area (Å²) >= 11 is 0. The van der Waals surface area contributed by atoms with Gasteiger partial charge in [0.25, 0.3) is 0 Å². The second-order valence-electron chi connectivity index (χ2n) is 5.19. The van der Waals surface area contributed by atoms with Crippen molar-refractivity contribution in [2.45, 2.75) is 32.6 Å². The molecule has 0 atom stereocenters. The van der Waals surface area contributed by atoms with Crippen molar-refractivity contribution in [2.24, 2.45) is 11.8 Å². The molecule has 70 valence electrons. The number of nitrogens with zero attached hydrogens (tertiary/aromatic N) is 1. The molecule has 2 heterocycles. The summed E-state index contributed by atoms with van der Waals surface area (Å²) in [7, 11) is 2.46. The van der Waals surface area contributed by atoms with Gasteiger partial charge in [-0.1, -0.05) is 0 Å². The molecule has 0 N–H and O–H groups in total. The second kappa shape index (κ2) is 3.02. The molecule has 0 aromatic carbocycles. The van der Waals surface area contributed by atoms with Crippen LogP contribution in [-0.2, 0) is 0 Å². The first-order valence-electron chi connectivity index (χ1n) is 5.55. The van der Waals surface area contributed by atoms with Crippen LogP contribution < -0.4 is 0 Å². The minimum absolute atomic E-state index is 1.06. The molecular formula is C11H22N+. The van der Waals surface area contributed by atoms with Gasteiger partial charge in [0.2, 0.25) is 0 Å². The van der Waals surface area contributed by atoms with Crippen molar-refractivity contribution >= 4 is 0 Å². The molecule has 2 bridgehead atoms. The van der Waals surface area contributed by atoms with E-state index in [0.717, 1.165) is 11.8 Å². The average molecular weight is 168 g/mol. The van der Waals surface area contributed by atoms with Crippen LogP contribution in [0.3, 0.4) is 0 Å². The number of quaternary nitrogens is 1. The molecule has 1 heteroatoms. The zero-order chi connectivity index (χ0) is 8.60. The summed E-state index contributed by atoms with van der Waals surface area (Å²) in [5.74, 6) is 2.13. The third-order valence-electron chi connectivity index (χ3n) is 4.13. The van der Waals surface area contributed by atoms with Crippen molar-refractivity contribution in [2.75, 3.05) is 26.7 Å². The Hall–Kier alpha value is -0.0400. The third-order valence-corrected chi connectivity index (χ3v) is 4.13. The monoisotopic (exact) mass is 168 g/mol. The van der Waals surface area contributed by atoms with E-state index in [1.54, 1.807) is 0 Å². The van der Waals surface area contributed by atoms with Gasteiger partial charge in [0, 0.05) is 11.8 Å². The van der Waals surface area contributed by atoms with Crippen molar-refractivity contribution < 1.29 is 4.48 Å². The van der Waals surface area contributed by atoms with Gasteiger partial charge in [0.15, 0.2) is 0 Å². The molecule has 1 aliphatic carbocycles. The molecule has 3 rings (SSSR count). The van der Waals surface area contributed by atoms with Crippen LogP contribution in [0.4, 0.5) is 0 Å². The molecule has 3 aliphatic rings. The van der Waals surface area contributed by atoms with Gasteiger partial charge >= 0.3 is 0 Å². The van der Waals surface area contributed by atoms with Crippen LogP contribution >= 0.6 is 0 Å². The van der Waals surface area contributed by atoms with Gasteiger partial charge in [0.05, 0.1) is 26.7 Å². The first kappa shape index (κ1) is 8.55. The Morgan fingerprint density at radius 3 is 1.75 bits per heavy atom. The van der Waals surface area contributed by atoms with E-state index in [2.05, 4.69) is 14.0 Å². The third kappa shape index (κ3) is 1.52. The van der Waals surface area contributed by atoms with Gasteiger partial charge < -0.3 is 4.48 Å². The predicted octanol–water partition coefficient (Wildman–Crippen LogP) is 2.27. The second-order valence-corrected chi connectivity index (χ2v) is 5.19. The summed E-state index contributed by atoms with van der Waals surface area (Å²) in [6.07, 6.45) is 6.11. The maximum absolute atomic E-state index is 2.46. The minimum atomic E-state index is 1.06. The Kier molecular flexibility index (Phi) is 2.16. The Labute approximate surface area is 76.3 Å². The van der Waals surface area contributed by atoms with Crippen molar-refractivity contribution in [1.29, 1.82) is 0 Å². The number of rotatable bonds is 1. The van der Waals surface area contributed by atoms with Crippen LogP contribution in [-0.4, -0.2) is 31.2 Å². The zero-order valence-corrected chi connectivity index (χ0v) is 8.55. The van der Waals surface area contributed by atoms with Gasteiger partial charge in [-0.15, -0.1) is 0 Å². The Balaban J connectivity index is 2.11. The standard InChI is InChI=1S/C11H22N/c1-3-12(2)8-10-4-5-11(9-12)7-6-10/h10-11H,3-9H2,1-2H3/q+1. The summed E-state index contributed by atoms with van der Waals surface area (Å²) in [4.78, 5) is 0. The van der Waals surface area contributed by atoms with Gasteiger partial charge in [-0.25, -0.2) is 0 Å². The molecule has 3 fully saturated rings. The molecule has 0 spiro atoms. The topological polar surface area (TPSA) is 0 Å². The maximum atomic E-state index is 2.46. The molecule has 0 aromatic rings. The molecule has 2 saturated heterocycles. The lowest BCUT2D eigenvalue weighted by atomic mass is 9.84. The average Bonchev–Trinajstić information content (AvgIpc) is 2.32. The summed E-state index contributed by atoms with van der Waals surface area (Å²) < 4.78 is 1.36. The van der Waals surface area contributed by atoms with E-state index in [1.807, 2.05) is 0 Å². The highest BCUT2D eigenvalue weighted by Crippen LogP contribution is 2.36. The first-order chi connectivity index (χ1) is 5.72. The van der Waals surface area contributed by atoms with E-state index in [1.165, 1.54) is 49.8 Å². The van der Waals surface area contributed by atoms with E-state index < -0.39 is 0 Å². The van der Waals surface area contributed by atoms with Gasteiger partial charge in [-0.2, -0.15) is 0 Å². The molecule has 12 heavy (non-hydrogen) atoms. The summed E-state index contributed by atoms with van der Waals surface area (Å²) in [5.41, 5.74) is 0. The lowest BCUT2D eigenvalue weighted by Gasteiger charge is -2.33. The van der Waals surface area contributed by atoms with Crippen molar-refractivity contribution in [3.8, 4) is 0 Å². The zero-order valence-electron chi connectivity index (χ0n) is 8.55. The molecule has 0 aromatic heterocycles. The van der Waals surface area contributed by atoms with Crippen LogP contribution in [0.5, 0.6) is 0 Å². The van der Waals surface area contributed by atoms with E-state index in [4.69, 9.17) is 0 Å². The normalized spacial score (nSPS) is 47.5. The lowest BCUT2D eigenvalue weighted by molar-refractivity contribution is -0.911. The molecule has 0 radical (unpaired) electrons. The highest BCUT2D eigenvalue weighted by atomic mass is 15.3. The largest absolute Gasteiger partial charge is 0.326 e. The summed E-state index contributed by atoms with van der Waals surface area (Å²) in [5, 5.41) is 0. The molecule has 1 nitrogen and oxygen atoms in total. The highest BCUT2D eigenvalue weighted by Gasteiger charge is 2.36. The predicted molar refractivity (Wildman–Crippen MR) is 51.9 cm³/mol. The van der Waals surface area contributed by atoms with Gasteiger partial charge in [0.1, 0.15) is 0 Å². The SMILES string of the molecule is CC[N+]1(C)CC2CCC(CC2)C1. The maximum Gasteiger partial charge on any atom is 0.0813 e. The fourth-order valence-corrected chi connectivity index (χ4v) is 3.18. The van der Waals surface area contributed by atoms with E-state index in [-0.39, 0.29) is 0 Å².